The van der Waals surface area contributed by atoms with E-state index in [-0.39, 0.29) is 11.7 Å². The van der Waals surface area contributed by atoms with Crippen LogP contribution >= 0.6 is 0 Å². The van der Waals surface area contributed by atoms with Gasteiger partial charge in [-0.05, 0) is 38.8 Å². The van der Waals surface area contributed by atoms with E-state index in [9.17, 15) is 9.59 Å². The molecular formula is C15H23N3O2. The van der Waals surface area contributed by atoms with Gasteiger partial charge in [-0.25, -0.2) is 0 Å². The summed E-state index contributed by atoms with van der Waals surface area (Å²) in [5.41, 5.74) is 2.93. The van der Waals surface area contributed by atoms with E-state index in [1.165, 1.54) is 0 Å². The van der Waals surface area contributed by atoms with E-state index in [1.54, 1.807) is 6.92 Å². The lowest BCUT2D eigenvalue weighted by molar-refractivity contribution is 0.0760. The monoisotopic (exact) mass is 277 g/mol. The SMILES string of the molecule is CCc1c(C(=O)N2CCCNCC2)[nH]c(C)c1C(C)=O. The number of amides is 1. The highest BCUT2D eigenvalue weighted by Crippen LogP contribution is 2.22. The average molecular weight is 277 g/mol. The number of aromatic nitrogens is 1. The Hall–Kier alpha value is -1.62. The molecule has 1 aliphatic rings. The number of carbonyl (C=O) groups is 2. The van der Waals surface area contributed by atoms with Gasteiger partial charge >= 0.3 is 0 Å². The summed E-state index contributed by atoms with van der Waals surface area (Å²) in [5.74, 6) is 0.0355. The van der Waals surface area contributed by atoms with Crippen molar-refractivity contribution in [3.05, 3.63) is 22.5 Å². The van der Waals surface area contributed by atoms with Crippen molar-refractivity contribution in [2.75, 3.05) is 26.2 Å². The third kappa shape index (κ3) is 2.77. The molecule has 5 nitrogen and oxygen atoms in total. The summed E-state index contributed by atoms with van der Waals surface area (Å²) in [6, 6.07) is 0. The quantitative estimate of drug-likeness (QED) is 0.823. The zero-order valence-electron chi connectivity index (χ0n) is 12.5. The van der Waals surface area contributed by atoms with E-state index in [1.807, 2.05) is 18.7 Å². The van der Waals surface area contributed by atoms with Crippen LogP contribution in [0.1, 0.15) is 52.4 Å². The van der Waals surface area contributed by atoms with Gasteiger partial charge in [0.05, 0.1) is 0 Å². The highest BCUT2D eigenvalue weighted by Gasteiger charge is 2.25. The maximum Gasteiger partial charge on any atom is 0.270 e. The molecule has 0 unspecified atom stereocenters. The molecule has 1 aromatic heterocycles. The van der Waals surface area contributed by atoms with Gasteiger partial charge in [0.15, 0.2) is 5.78 Å². The number of hydrogen-bond acceptors (Lipinski definition) is 3. The molecule has 1 saturated heterocycles. The molecule has 0 bridgehead atoms. The van der Waals surface area contributed by atoms with Gasteiger partial charge in [0.25, 0.3) is 5.91 Å². The molecular weight excluding hydrogens is 254 g/mol. The van der Waals surface area contributed by atoms with E-state index in [4.69, 9.17) is 0 Å². The second-order valence-corrected chi connectivity index (χ2v) is 5.28. The summed E-state index contributed by atoms with van der Waals surface area (Å²) >= 11 is 0. The number of Topliss-reactive ketones (excluding diaryl/α,β-unsaturated/α-hetero) is 1. The number of H-pyrrole nitrogens is 1. The Kier molecular flexibility index (Phi) is 4.60. The first-order valence-corrected chi connectivity index (χ1v) is 7.28. The van der Waals surface area contributed by atoms with Gasteiger partial charge in [-0.1, -0.05) is 6.92 Å². The van der Waals surface area contributed by atoms with Crippen molar-refractivity contribution in [1.82, 2.24) is 15.2 Å². The molecule has 1 amide bonds. The van der Waals surface area contributed by atoms with Crippen molar-refractivity contribution < 1.29 is 9.59 Å². The van der Waals surface area contributed by atoms with Crippen LogP contribution < -0.4 is 5.32 Å². The molecule has 20 heavy (non-hydrogen) atoms. The van der Waals surface area contributed by atoms with Crippen molar-refractivity contribution in [3.63, 3.8) is 0 Å². The van der Waals surface area contributed by atoms with E-state index < -0.39 is 0 Å². The van der Waals surface area contributed by atoms with Crippen LogP contribution in [0.15, 0.2) is 0 Å². The number of nitrogens with zero attached hydrogens (tertiary/aromatic N) is 1. The number of aromatic amines is 1. The van der Waals surface area contributed by atoms with Crippen molar-refractivity contribution in [3.8, 4) is 0 Å². The van der Waals surface area contributed by atoms with Gasteiger partial charge in [0.2, 0.25) is 0 Å². The van der Waals surface area contributed by atoms with Gasteiger partial charge in [0, 0.05) is 30.9 Å². The molecule has 1 fully saturated rings. The molecule has 2 rings (SSSR count). The number of rotatable bonds is 3. The van der Waals surface area contributed by atoms with Gasteiger partial charge in [-0.3, -0.25) is 9.59 Å². The standard InChI is InChI=1S/C15H23N3O2/c1-4-12-13(11(3)19)10(2)17-14(12)15(20)18-8-5-6-16-7-9-18/h16-17H,4-9H2,1-3H3. The van der Waals surface area contributed by atoms with Crippen LogP contribution in [0.25, 0.3) is 0 Å². The zero-order chi connectivity index (χ0) is 14.7. The van der Waals surface area contributed by atoms with Crippen molar-refractivity contribution >= 4 is 11.7 Å². The Morgan fingerprint density at radius 2 is 2.00 bits per heavy atom. The smallest absolute Gasteiger partial charge is 0.270 e. The van der Waals surface area contributed by atoms with Gasteiger partial charge in [-0.2, -0.15) is 0 Å². The minimum absolute atomic E-state index is 0.0150. The number of nitrogens with one attached hydrogen (secondary N) is 2. The highest BCUT2D eigenvalue weighted by molar-refractivity contribution is 6.02. The van der Waals surface area contributed by atoms with Crippen LogP contribution in [0, 0.1) is 6.92 Å². The third-order valence-corrected chi connectivity index (χ3v) is 3.84. The van der Waals surface area contributed by atoms with Crippen molar-refractivity contribution in [2.45, 2.75) is 33.6 Å². The summed E-state index contributed by atoms with van der Waals surface area (Å²) < 4.78 is 0. The number of hydrogen-bond donors (Lipinski definition) is 2. The Bertz CT molecular complexity index is 511. The number of carbonyl (C=O) groups excluding carboxylic acids is 2. The average Bonchev–Trinajstić information content (AvgIpc) is 2.60. The van der Waals surface area contributed by atoms with Crippen LogP contribution in [-0.2, 0) is 6.42 Å². The first-order chi connectivity index (χ1) is 9.56. The summed E-state index contributed by atoms with van der Waals surface area (Å²) in [5, 5.41) is 3.29. The summed E-state index contributed by atoms with van der Waals surface area (Å²) in [6.45, 7) is 8.66. The van der Waals surface area contributed by atoms with Crippen LogP contribution in [0.3, 0.4) is 0 Å². The number of aryl methyl sites for hydroxylation is 1. The van der Waals surface area contributed by atoms with E-state index in [0.717, 1.165) is 43.9 Å². The second kappa shape index (κ2) is 6.22. The lowest BCUT2D eigenvalue weighted by Gasteiger charge is -2.20. The Morgan fingerprint density at radius 3 is 2.65 bits per heavy atom. The zero-order valence-corrected chi connectivity index (χ0v) is 12.5. The molecule has 2 heterocycles. The Labute approximate surface area is 119 Å². The minimum Gasteiger partial charge on any atom is -0.354 e. The first-order valence-electron chi connectivity index (χ1n) is 7.28. The van der Waals surface area contributed by atoms with Crippen LogP contribution in [0.5, 0.6) is 0 Å². The maximum atomic E-state index is 12.7. The molecule has 0 saturated carbocycles. The fourth-order valence-electron chi connectivity index (χ4n) is 2.90. The first kappa shape index (κ1) is 14.8. The summed E-state index contributed by atoms with van der Waals surface area (Å²) in [6.07, 6.45) is 1.65. The lowest BCUT2D eigenvalue weighted by atomic mass is 10.0. The van der Waals surface area contributed by atoms with E-state index in [2.05, 4.69) is 10.3 Å². The molecule has 0 radical (unpaired) electrons. The maximum absolute atomic E-state index is 12.7. The molecule has 2 N–H and O–H groups in total. The third-order valence-electron chi connectivity index (χ3n) is 3.84. The van der Waals surface area contributed by atoms with Crippen molar-refractivity contribution in [1.29, 1.82) is 0 Å². The summed E-state index contributed by atoms with van der Waals surface area (Å²) in [7, 11) is 0. The largest absolute Gasteiger partial charge is 0.354 e. The lowest BCUT2D eigenvalue weighted by Crippen LogP contribution is -2.35. The second-order valence-electron chi connectivity index (χ2n) is 5.28. The van der Waals surface area contributed by atoms with E-state index >= 15 is 0 Å². The molecule has 1 aliphatic heterocycles. The van der Waals surface area contributed by atoms with Crippen LogP contribution in [0.4, 0.5) is 0 Å². The van der Waals surface area contributed by atoms with Gasteiger partial charge in [0.1, 0.15) is 5.69 Å². The Morgan fingerprint density at radius 1 is 1.25 bits per heavy atom. The molecule has 0 spiro atoms. The van der Waals surface area contributed by atoms with Crippen LogP contribution in [0.2, 0.25) is 0 Å². The Balaban J connectivity index is 2.34. The highest BCUT2D eigenvalue weighted by atomic mass is 16.2. The predicted octanol–water partition coefficient (Wildman–Crippen LogP) is 1.52. The molecule has 5 heteroatoms. The normalized spacial score (nSPS) is 16.1. The fourth-order valence-corrected chi connectivity index (χ4v) is 2.90. The van der Waals surface area contributed by atoms with Crippen molar-refractivity contribution in [2.24, 2.45) is 0 Å². The molecule has 0 atom stereocenters. The molecule has 110 valence electrons. The molecule has 1 aromatic rings. The van der Waals surface area contributed by atoms with E-state index in [0.29, 0.717) is 17.7 Å². The number of ketones is 1. The minimum atomic E-state index is 0.0150. The topological polar surface area (TPSA) is 65.2 Å². The van der Waals surface area contributed by atoms with Crippen LogP contribution in [-0.4, -0.2) is 47.8 Å². The fraction of sp³-hybridized carbons (Fsp3) is 0.600. The summed E-state index contributed by atoms with van der Waals surface area (Å²) in [4.78, 5) is 29.4. The van der Waals surface area contributed by atoms with Gasteiger partial charge in [-0.15, -0.1) is 0 Å². The molecule has 0 aromatic carbocycles. The predicted molar refractivity (Wildman–Crippen MR) is 78.3 cm³/mol. The van der Waals surface area contributed by atoms with Gasteiger partial charge < -0.3 is 15.2 Å². The molecule has 0 aliphatic carbocycles.